The van der Waals surface area contributed by atoms with Gasteiger partial charge in [-0.25, -0.2) is 0 Å². The molecule has 2 saturated heterocycles. The molecule has 0 saturated carbocycles. The average molecular weight is 232 g/mol. The molecule has 2 bridgehead atoms. The molecule has 0 aliphatic carbocycles. The molecule has 2 nitrogen and oxygen atoms in total. The molecule has 2 heterocycles. The monoisotopic (exact) mass is 231 g/mol. The molecule has 88 valence electrons. The minimum Gasteiger partial charge on any atom is -0.380 e. The maximum absolute atomic E-state index is 6.24. The number of nitrogens with zero attached hydrogens (tertiary/aromatic N) is 1. The number of rotatable bonds is 5. The summed E-state index contributed by atoms with van der Waals surface area (Å²) < 4.78 is 5.56. The summed E-state index contributed by atoms with van der Waals surface area (Å²) in [6, 6.07) is 1.49. The molecule has 0 amide bonds. The number of hydrogen-bond acceptors (Lipinski definition) is 2. The Hall–Kier alpha value is 0.210. The van der Waals surface area contributed by atoms with E-state index in [4.69, 9.17) is 16.3 Å². The van der Waals surface area contributed by atoms with Crippen LogP contribution in [0.15, 0.2) is 0 Å². The summed E-state index contributed by atoms with van der Waals surface area (Å²) >= 11 is 6.24. The van der Waals surface area contributed by atoms with E-state index in [9.17, 15) is 0 Å². The largest absolute Gasteiger partial charge is 0.380 e. The fourth-order valence-corrected chi connectivity index (χ4v) is 3.40. The Balaban J connectivity index is 1.74. The van der Waals surface area contributed by atoms with Crippen molar-refractivity contribution in [3.8, 4) is 0 Å². The average Bonchev–Trinajstić information content (AvgIpc) is 2.46. The fraction of sp³-hybridized carbons (Fsp3) is 1.00. The third-order valence-corrected chi connectivity index (χ3v) is 4.03. The van der Waals surface area contributed by atoms with Crippen LogP contribution in [-0.4, -0.2) is 42.1 Å². The van der Waals surface area contributed by atoms with Gasteiger partial charge in [0, 0.05) is 30.6 Å². The Morgan fingerprint density at radius 1 is 1.20 bits per heavy atom. The van der Waals surface area contributed by atoms with Crippen LogP contribution in [0.25, 0.3) is 0 Å². The lowest BCUT2D eigenvalue weighted by Gasteiger charge is -2.36. The van der Waals surface area contributed by atoms with Gasteiger partial charge in [-0.05, 0) is 32.1 Å². The maximum atomic E-state index is 6.24. The summed E-state index contributed by atoms with van der Waals surface area (Å²) in [6.45, 7) is 5.07. The molecule has 3 heteroatoms. The second-order valence-electron chi connectivity index (χ2n) is 4.80. The summed E-state index contributed by atoms with van der Waals surface area (Å²) in [5.41, 5.74) is 0. The van der Waals surface area contributed by atoms with Crippen molar-refractivity contribution < 1.29 is 4.74 Å². The first-order valence-corrected chi connectivity index (χ1v) is 6.72. The molecular formula is C12H22ClNO. The van der Waals surface area contributed by atoms with Gasteiger partial charge in [-0.3, -0.25) is 4.90 Å². The third kappa shape index (κ3) is 2.86. The molecule has 0 radical (unpaired) electrons. The van der Waals surface area contributed by atoms with Gasteiger partial charge in [-0.2, -0.15) is 0 Å². The topological polar surface area (TPSA) is 12.5 Å². The summed E-state index contributed by atoms with van der Waals surface area (Å²) in [5.74, 6) is 0. The van der Waals surface area contributed by atoms with Crippen LogP contribution in [0.2, 0.25) is 0 Å². The Morgan fingerprint density at radius 2 is 1.87 bits per heavy atom. The summed E-state index contributed by atoms with van der Waals surface area (Å²) in [4.78, 5) is 2.63. The van der Waals surface area contributed by atoms with Crippen LogP contribution in [0, 0.1) is 0 Å². The van der Waals surface area contributed by atoms with Crippen LogP contribution in [0.1, 0.15) is 39.0 Å². The summed E-state index contributed by atoms with van der Waals surface area (Å²) in [7, 11) is 0. The zero-order valence-corrected chi connectivity index (χ0v) is 10.4. The van der Waals surface area contributed by atoms with Gasteiger partial charge in [0.2, 0.25) is 0 Å². The number of hydrogen-bond donors (Lipinski definition) is 0. The van der Waals surface area contributed by atoms with E-state index >= 15 is 0 Å². The Labute approximate surface area is 97.9 Å². The molecule has 2 rings (SSSR count). The smallest absolute Gasteiger partial charge is 0.0593 e. The van der Waals surface area contributed by atoms with Crippen molar-refractivity contribution in [1.29, 1.82) is 0 Å². The number of piperidine rings is 1. The van der Waals surface area contributed by atoms with Gasteiger partial charge >= 0.3 is 0 Å². The van der Waals surface area contributed by atoms with E-state index in [-0.39, 0.29) is 0 Å². The van der Waals surface area contributed by atoms with Gasteiger partial charge in [0.25, 0.3) is 0 Å². The van der Waals surface area contributed by atoms with E-state index in [1.54, 1.807) is 0 Å². The quantitative estimate of drug-likeness (QED) is 0.533. The molecule has 15 heavy (non-hydrogen) atoms. The van der Waals surface area contributed by atoms with E-state index in [2.05, 4.69) is 11.8 Å². The summed E-state index contributed by atoms with van der Waals surface area (Å²) in [6.07, 6.45) is 6.19. The highest BCUT2D eigenvalue weighted by Gasteiger charge is 2.39. The van der Waals surface area contributed by atoms with Gasteiger partial charge in [0.1, 0.15) is 0 Å². The Bertz CT molecular complexity index is 186. The van der Waals surface area contributed by atoms with Crippen molar-refractivity contribution in [3.63, 3.8) is 0 Å². The number of halogens is 1. The highest BCUT2D eigenvalue weighted by molar-refractivity contribution is 6.20. The molecule has 2 unspecified atom stereocenters. The molecule has 2 fully saturated rings. The molecule has 0 aromatic carbocycles. The molecular weight excluding hydrogens is 210 g/mol. The lowest BCUT2D eigenvalue weighted by Crippen LogP contribution is -2.44. The van der Waals surface area contributed by atoms with Crippen molar-refractivity contribution in [2.24, 2.45) is 0 Å². The SMILES string of the molecule is CCCOCCN1C2CCC1CC(Cl)C2. The second-order valence-corrected chi connectivity index (χ2v) is 5.42. The molecule has 2 aliphatic heterocycles. The highest BCUT2D eigenvalue weighted by atomic mass is 35.5. The van der Waals surface area contributed by atoms with E-state index in [0.29, 0.717) is 5.38 Å². The standard InChI is InChI=1S/C12H22ClNO/c1-2-6-15-7-5-14-11-3-4-12(14)9-10(13)8-11/h10-12H,2-9H2,1H3. The molecule has 0 N–H and O–H groups in total. The van der Waals surface area contributed by atoms with Crippen molar-refractivity contribution in [2.75, 3.05) is 19.8 Å². The second kappa shape index (κ2) is 5.51. The van der Waals surface area contributed by atoms with Crippen LogP contribution in [-0.2, 0) is 4.74 Å². The first-order valence-electron chi connectivity index (χ1n) is 6.28. The van der Waals surface area contributed by atoms with Gasteiger partial charge in [-0.15, -0.1) is 11.6 Å². The van der Waals surface area contributed by atoms with Crippen molar-refractivity contribution in [3.05, 3.63) is 0 Å². The normalized spacial score (nSPS) is 36.0. The minimum atomic E-state index is 0.426. The van der Waals surface area contributed by atoms with E-state index in [1.165, 1.54) is 25.7 Å². The van der Waals surface area contributed by atoms with E-state index < -0.39 is 0 Å². The van der Waals surface area contributed by atoms with E-state index in [0.717, 1.165) is 38.3 Å². The summed E-state index contributed by atoms with van der Waals surface area (Å²) in [5, 5.41) is 0.426. The highest BCUT2D eigenvalue weighted by Crippen LogP contribution is 2.37. The number of alkyl halides is 1. The molecule has 0 aromatic rings. The van der Waals surface area contributed by atoms with Crippen LogP contribution in [0.4, 0.5) is 0 Å². The zero-order chi connectivity index (χ0) is 10.7. The van der Waals surface area contributed by atoms with Crippen molar-refractivity contribution >= 4 is 11.6 Å². The Morgan fingerprint density at radius 3 is 2.47 bits per heavy atom. The minimum absolute atomic E-state index is 0.426. The molecule has 0 spiro atoms. The molecule has 0 aromatic heterocycles. The van der Waals surface area contributed by atoms with Crippen LogP contribution >= 0.6 is 11.6 Å². The lowest BCUT2D eigenvalue weighted by molar-refractivity contribution is 0.0688. The van der Waals surface area contributed by atoms with Gasteiger partial charge in [0.15, 0.2) is 0 Å². The van der Waals surface area contributed by atoms with Gasteiger partial charge < -0.3 is 4.74 Å². The number of ether oxygens (including phenoxy) is 1. The van der Waals surface area contributed by atoms with Crippen molar-refractivity contribution in [2.45, 2.75) is 56.5 Å². The molecule has 2 atom stereocenters. The third-order valence-electron chi connectivity index (χ3n) is 3.67. The first kappa shape index (κ1) is 11.7. The van der Waals surface area contributed by atoms with E-state index in [1.807, 2.05) is 0 Å². The predicted molar refractivity (Wildman–Crippen MR) is 63.5 cm³/mol. The first-order chi connectivity index (χ1) is 7.31. The predicted octanol–water partition coefficient (Wildman–Crippen LogP) is 2.65. The maximum Gasteiger partial charge on any atom is 0.0593 e. The van der Waals surface area contributed by atoms with Gasteiger partial charge in [0.05, 0.1) is 6.61 Å². The lowest BCUT2D eigenvalue weighted by atomic mass is 10.0. The van der Waals surface area contributed by atoms with Gasteiger partial charge in [-0.1, -0.05) is 6.92 Å². The fourth-order valence-electron chi connectivity index (χ4n) is 2.99. The van der Waals surface area contributed by atoms with Crippen molar-refractivity contribution in [1.82, 2.24) is 4.90 Å². The van der Waals surface area contributed by atoms with Crippen LogP contribution < -0.4 is 0 Å². The zero-order valence-electron chi connectivity index (χ0n) is 9.62. The molecule has 2 aliphatic rings. The number of fused-ring (bicyclic) bond motifs is 2. The van der Waals surface area contributed by atoms with Crippen LogP contribution in [0.5, 0.6) is 0 Å². The van der Waals surface area contributed by atoms with Crippen LogP contribution in [0.3, 0.4) is 0 Å². The Kier molecular flexibility index (Phi) is 4.30.